The van der Waals surface area contributed by atoms with Crippen LogP contribution in [0.4, 0.5) is 10.3 Å². The van der Waals surface area contributed by atoms with Crippen LogP contribution >= 0.6 is 22.6 Å². The van der Waals surface area contributed by atoms with Crippen LogP contribution in [-0.4, -0.2) is 15.2 Å². The van der Waals surface area contributed by atoms with E-state index in [1.165, 1.54) is 6.07 Å². The molecule has 1 heterocycles. The van der Waals surface area contributed by atoms with Gasteiger partial charge in [0, 0.05) is 3.57 Å². The molecule has 0 aliphatic heterocycles. The van der Waals surface area contributed by atoms with Gasteiger partial charge in [0.15, 0.2) is 5.82 Å². The van der Waals surface area contributed by atoms with Gasteiger partial charge in [-0.15, -0.1) is 5.10 Å². The summed E-state index contributed by atoms with van der Waals surface area (Å²) in [5.74, 6) is 0.113. The van der Waals surface area contributed by atoms with Gasteiger partial charge in [0.1, 0.15) is 5.82 Å². The first-order valence-corrected chi connectivity index (χ1v) is 4.88. The van der Waals surface area contributed by atoms with Gasteiger partial charge in [-0.05, 0) is 40.8 Å². The third-order valence-electron chi connectivity index (χ3n) is 1.69. The zero-order valence-electron chi connectivity index (χ0n) is 6.96. The lowest BCUT2D eigenvalue weighted by atomic mass is 10.2. The van der Waals surface area contributed by atoms with E-state index in [0.717, 1.165) is 3.57 Å². The molecule has 14 heavy (non-hydrogen) atoms. The Kier molecular flexibility index (Phi) is 2.36. The maximum Gasteiger partial charge on any atom is 0.239 e. The van der Waals surface area contributed by atoms with E-state index in [4.69, 9.17) is 5.73 Å². The van der Waals surface area contributed by atoms with Gasteiger partial charge in [0.25, 0.3) is 0 Å². The summed E-state index contributed by atoms with van der Waals surface area (Å²) in [5.41, 5.74) is 5.69. The van der Waals surface area contributed by atoms with E-state index >= 15 is 0 Å². The number of nitrogens with two attached hydrogens (primary N) is 1. The molecule has 0 unspecified atom stereocenters. The van der Waals surface area contributed by atoms with Gasteiger partial charge in [-0.2, -0.15) is 4.98 Å². The second-order valence-corrected chi connectivity index (χ2v) is 3.91. The third kappa shape index (κ3) is 1.69. The normalized spacial score (nSPS) is 10.4. The summed E-state index contributed by atoms with van der Waals surface area (Å²) in [7, 11) is 0. The molecule has 0 radical (unpaired) electrons. The summed E-state index contributed by atoms with van der Waals surface area (Å²) in [5, 5.41) is 6.18. The van der Waals surface area contributed by atoms with E-state index in [1.54, 1.807) is 12.1 Å². The zero-order valence-corrected chi connectivity index (χ0v) is 9.12. The van der Waals surface area contributed by atoms with Crippen molar-refractivity contribution in [3.63, 3.8) is 0 Å². The van der Waals surface area contributed by atoms with Crippen molar-refractivity contribution in [3.05, 3.63) is 27.6 Å². The van der Waals surface area contributed by atoms with E-state index in [1.807, 2.05) is 22.6 Å². The topological polar surface area (TPSA) is 67.6 Å². The summed E-state index contributed by atoms with van der Waals surface area (Å²) < 4.78 is 14.2. The van der Waals surface area contributed by atoms with E-state index in [2.05, 4.69) is 15.2 Å². The van der Waals surface area contributed by atoms with Crippen molar-refractivity contribution in [2.75, 3.05) is 5.73 Å². The molecule has 0 saturated heterocycles. The van der Waals surface area contributed by atoms with Crippen LogP contribution in [0.25, 0.3) is 11.4 Å². The van der Waals surface area contributed by atoms with Crippen molar-refractivity contribution >= 4 is 28.5 Å². The number of halogens is 2. The fourth-order valence-electron chi connectivity index (χ4n) is 1.08. The molecule has 0 aliphatic carbocycles. The molecule has 0 atom stereocenters. The second-order valence-electron chi connectivity index (χ2n) is 2.67. The number of hydrogen-bond donors (Lipinski definition) is 2. The number of nitrogen functional groups attached to an aromatic ring is 1. The third-order valence-corrected chi connectivity index (χ3v) is 2.36. The van der Waals surface area contributed by atoms with Crippen molar-refractivity contribution in [1.29, 1.82) is 0 Å². The molecule has 0 fully saturated rings. The van der Waals surface area contributed by atoms with Gasteiger partial charge in [-0.1, -0.05) is 0 Å². The Morgan fingerprint density at radius 3 is 2.79 bits per heavy atom. The lowest BCUT2D eigenvalue weighted by molar-refractivity contribution is 0.629. The summed E-state index contributed by atoms with van der Waals surface area (Å²) in [6.07, 6.45) is 0. The molecule has 0 spiro atoms. The zero-order chi connectivity index (χ0) is 10.1. The highest BCUT2D eigenvalue weighted by atomic mass is 127. The molecule has 0 amide bonds. The van der Waals surface area contributed by atoms with Crippen LogP contribution in [0.3, 0.4) is 0 Å². The van der Waals surface area contributed by atoms with Gasteiger partial charge >= 0.3 is 0 Å². The summed E-state index contributed by atoms with van der Waals surface area (Å²) in [6.45, 7) is 0. The minimum atomic E-state index is -0.340. The summed E-state index contributed by atoms with van der Waals surface area (Å²) in [4.78, 5) is 3.84. The maximum atomic E-state index is 13.4. The number of nitrogens with one attached hydrogen (secondary N) is 1. The highest BCUT2D eigenvalue weighted by Gasteiger charge is 2.08. The maximum absolute atomic E-state index is 13.4. The largest absolute Gasteiger partial charge is 0.366 e. The summed E-state index contributed by atoms with van der Waals surface area (Å²) >= 11 is 2.04. The minimum Gasteiger partial charge on any atom is -0.366 e. The molecule has 2 rings (SSSR count). The van der Waals surface area contributed by atoms with Crippen LogP contribution in [0, 0.1) is 9.39 Å². The molecule has 3 N–H and O–H groups in total. The van der Waals surface area contributed by atoms with Crippen LogP contribution in [-0.2, 0) is 0 Å². The fourth-order valence-corrected chi connectivity index (χ4v) is 1.53. The molecular formula is C8H6FIN4. The lowest BCUT2D eigenvalue weighted by Gasteiger charge is -1.98. The Morgan fingerprint density at radius 2 is 2.21 bits per heavy atom. The first kappa shape index (κ1) is 9.38. The molecule has 0 bridgehead atoms. The number of hydrogen-bond acceptors (Lipinski definition) is 3. The highest BCUT2D eigenvalue weighted by molar-refractivity contribution is 14.1. The molecule has 1 aromatic heterocycles. The van der Waals surface area contributed by atoms with Gasteiger partial charge in [0.2, 0.25) is 5.95 Å². The van der Waals surface area contributed by atoms with E-state index in [9.17, 15) is 4.39 Å². The Hall–Kier alpha value is -1.18. The molecule has 0 aliphatic rings. The molecular weight excluding hydrogens is 298 g/mol. The number of aromatic nitrogens is 3. The monoisotopic (exact) mass is 304 g/mol. The van der Waals surface area contributed by atoms with Gasteiger partial charge in [-0.25, -0.2) is 4.39 Å². The Labute approximate surface area is 92.9 Å². The van der Waals surface area contributed by atoms with Crippen LogP contribution in [0.5, 0.6) is 0 Å². The molecule has 2 aromatic rings. The van der Waals surface area contributed by atoms with Crippen LogP contribution < -0.4 is 5.73 Å². The van der Waals surface area contributed by atoms with Crippen LogP contribution in [0.1, 0.15) is 0 Å². The van der Waals surface area contributed by atoms with Crippen LogP contribution in [0.15, 0.2) is 18.2 Å². The number of rotatable bonds is 1. The molecule has 1 aromatic carbocycles. The predicted molar refractivity (Wildman–Crippen MR) is 58.9 cm³/mol. The molecule has 6 heteroatoms. The Bertz CT molecular complexity index is 468. The minimum absolute atomic E-state index is 0.109. The quantitative estimate of drug-likeness (QED) is 0.789. The van der Waals surface area contributed by atoms with E-state index in [0.29, 0.717) is 11.4 Å². The van der Waals surface area contributed by atoms with Crippen molar-refractivity contribution in [3.8, 4) is 11.4 Å². The second kappa shape index (κ2) is 3.52. The molecule has 4 nitrogen and oxygen atoms in total. The SMILES string of the molecule is Nc1n[nH]c(-c2ccc(I)cc2F)n1. The van der Waals surface area contributed by atoms with Gasteiger partial charge < -0.3 is 5.73 Å². The summed E-state index contributed by atoms with van der Waals surface area (Å²) in [6, 6.07) is 4.85. The molecule has 0 saturated carbocycles. The smallest absolute Gasteiger partial charge is 0.239 e. The van der Waals surface area contributed by atoms with Crippen molar-refractivity contribution in [2.45, 2.75) is 0 Å². The predicted octanol–water partition coefficient (Wildman–Crippen LogP) is 1.80. The Morgan fingerprint density at radius 1 is 1.43 bits per heavy atom. The highest BCUT2D eigenvalue weighted by Crippen LogP contribution is 2.21. The number of anilines is 1. The number of benzene rings is 1. The van der Waals surface area contributed by atoms with Crippen LogP contribution in [0.2, 0.25) is 0 Å². The van der Waals surface area contributed by atoms with Gasteiger partial charge in [0.05, 0.1) is 5.56 Å². The molecule has 72 valence electrons. The van der Waals surface area contributed by atoms with Crippen molar-refractivity contribution < 1.29 is 4.39 Å². The first-order chi connectivity index (χ1) is 6.66. The van der Waals surface area contributed by atoms with Crippen molar-refractivity contribution in [2.24, 2.45) is 0 Å². The standard InChI is InChI=1S/C8H6FIN4/c9-6-3-4(10)1-2-5(6)7-12-8(11)14-13-7/h1-3H,(H3,11,12,13,14). The van der Waals surface area contributed by atoms with Crippen molar-refractivity contribution in [1.82, 2.24) is 15.2 Å². The Balaban J connectivity index is 2.52. The van der Waals surface area contributed by atoms with E-state index in [-0.39, 0.29) is 11.8 Å². The fraction of sp³-hybridized carbons (Fsp3) is 0. The lowest BCUT2D eigenvalue weighted by Crippen LogP contribution is -1.88. The van der Waals surface area contributed by atoms with Gasteiger partial charge in [-0.3, -0.25) is 5.10 Å². The van der Waals surface area contributed by atoms with E-state index < -0.39 is 0 Å². The number of H-pyrrole nitrogens is 1. The average Bonchev–Trinajstić information content (AvgIpc) is 2.51. The number of aromatic amines is 1. The average molecular weight is 304 g/mol. The first-order valence-electron chi connectivity index (χ1n) is 3.80. The number of nitrogens with zero attached hydrogens (tertiary/aromatic N) is 2.